The number of ether oxygens (including phenoxy) is 3. The van der Waals surface area contributed by atoms with Gasteiger partial charge >= 0.3 is 17.9 Å². The van der Waals surface area contributed by atoms with E-state index in [0.717, 1.165) is 70.6 Å². The maximum absolute atomic E-state index is 12.8. The van der Waals surface area contributed by atoms with Crippen molar-refractivity contribution in [1.29, 1.82) is 0 Å². The van der Waals surface area contributed by atoms with Crippen LogP contribution in [0.2, 0.25) is 0 Å². The molecule has 370 valence electrons. The van der Waals surface area contributed by atoms with E-state index in [4.69, 9.17) is 14.2 Å². The quantitative estimate of drug-likeness (QED) is 0.0262. The van der Waals surface area contributed by atoms with Crippen molar-refractivity contribution >= 4 is 17.9 Å². The van der Waals surface area contributed by atoms with Gasteiger partial charge in [-0.15, -0.1) is 0 Å². The van der Waals surface area contributed by atoms with Gasteiger partial charge in [-0.05, 0) is 51.4 Å². The summed E-state index contributed by atoms with van der Waals surface area (Å²) in [5.74, 6) is -0.858. The van der Waals surface area contributed by atoms with Crippen LogP contribution in [0.1, 0.15) is 303 Å². The Morgan fingerprint density at radius 2 is 0.571 bits per heavy atom. The largest absolute Gasteiger partial charge is 0.462 e. The summed E-state index contributed by atoms with van der Waals surface area (Å²) in [5, 5.41) is 0. The zero-order valence-corrected chi connectivity index (χ0v) is 42.4. The molecular formula is C57H106O6. The van der Waals surface area contributed by atoms with Crippen LogP contribution in [-0.4, -0.2) is 37.2 Å². The zero-order chi connectivity index (χ0) is 45.8. The van der Waals surface area contributed by atoms with Crippen molar-refractivity contribution in [2.75, 3.05) is 13.2 Å². The van der Waals surface area contributed by atoms with Gasteiger partial charge in [-0.2, -0.15) is 0 Å². The third kappa shape index (κ3) is 50.7. The second-order valence-electron chi connectivity index (χ2n) is 18.9. The first-order chi connectivity index (χ1) is 31.0. The first kappa shape index (κ1) is 60.9. The maximum atomic E-state index is 12.8. The molecule has 0 aliphatic carbocycles. The van der Waals surface area contributed by atoms with Crippen LogP contribution in [-0.2, 0) is 28.6 Å². The summed E-state index contributed by atoms with van der Waals surface area (Å²) >= 11 is 0. The number of allylic oxidation sites excluding steroid dienone is 4. The smallest absolute Gasteiger partial charge is 0.306 e. The van der Waals surface area contributed by atoms with Crippen molar-refractivity contribution in [3.8, 4) is 0 Å². The maximum Gasteiger partial charge on any atom is 0.306 e. The van der Waals surface area contributed by atoms with Crippen molar-refractivity contribution in [3.63, 3.8) is 0 Å². The van der Waals surface area contributed by atoms with Gasteiger partial charge in [0.25, 0.3) is 0 Å². The molecule has 0 radical (unpaired) electrons. The highest BCUT2D eigenvalue weighted by molar-refractivity contribution is 5.71. The predicted octanol–water partition coefficient (Wildman–Crippen LogP) is 18.3. The Hall–Kier alpha value is -2.11. The molecular weight excluding hydrogens is 781 g/mol. The number of hydrogen-bond acceptors (Lipinski definition) is 6. The van der Waals surface area contributed by atoms with E-state index in [1.165, 1.54) is 193 Å². The van der Waals surface area contributed by atoms with Gasteiger partial charge in [-0.1, -0.05) is 257 Å². The second-order valence-corrected chi connectivity index (χ2v) is 18.9. The lowest BCUT2D eigenvalue weighted by Gasteiger charge is -2.18. The molecule has 0 aromatic carbocycles. The number of esters is 3. The van der Waals surface area contributed by atoms with Crippen molar-refractivity contribution in [1.82, 2.24) is 0 Å². The Labute approximate surface area is 392 Å². The fourth-order valence-corrected chi connectivity index (χ4v) is 8.24. The molecule has 0 N–H and O–H groups in total. The van der Waals surface area contributed by atoms with E-state index < -0.39 is 6.10 Å². The highest BCUT2D eigenvalue weighted by Gasteiger charge is 2.19. The van der Waals surface area contributed by atoms with Crippen molar-refractivity contribution < 1.29 is 28.6 Å². The van der Waals surface area contributed by atoms with E-state index in [1.54, 1.807) is 0 Å². The minimum absolute atomic E-state index is 0.0684. The van der Waals surface area contributed by atoms with Crippen LogP contribution >= 0.6 is 0 Å². The molecule has 1 atom stereocenters. The van der Waals surface area contributed by atoms with Gasteiger partial charge < -0.3 is 14.2 Å². The predicted molar refractivity (Wildman–Crippen MR) is 270 cm³/mol. The first-order valence-corrected chi connectivity index (χ1v) is 27.8. The monoisotopic (exact) mass is 887 g/mol. The normalized spacial score (nSPS) is 12.1. The molecule has 0 aromatic heterocycles. The molecule has 0 heterocycles. The fourth-order valence-electron chi connectivity index (χ4n) is 8.24. The molecule has 0 bridgehead atoms. The van der Waals surface area contributed by atoms with Gasteiger partial charge in [-0.25, -0.2) is 0 Å². The molecule has 6 nitrogen and oxygen atoms in total. The van der Waals surface area contributed by atoms with E-state index in [9.17, 15) is 14.4 Å². The van der Waals surface area contributed by atoms with E-state index in [1.807, 2.05) is 0 Å². The van der Waals surface area contributed by atoms with E-state index in [0.29, 0.717) is 19.3 Å². The average Bonchev–Trinajstić information content (AvgIpc) is 3.28. The lowest BCUT2D eigenvalue weighted by molar-refractivity contribution is -0.167. The van der Waals surface area contributed by atoms with E-state index in [-0.39, 0.29) is 31.1 Å². The molecule has 0 saturated heterocycles. The third-order valence-corrected chi connectivity index (χ3v) is 12.5. The van der Waals surface area contributed by atoms with E-state index >= 15 is 0 Å². The Morgan fingerprint density at radius 1 is 0.317 bits per heavy atom. The van der Waals surface area contributed by atoms with Crippen LogP contribution in [0.15, 0.2) is 24.3 Å². The Balaban J connectivity index is 4.33. The summed E-state index contributed by atoms with van der Waals surface area (Å²) in [6.45, 7) is 6.65. The molecule has 6 heteroatoms. The number of hydrogen-bond donors (Lipinski definition) is 0. The number of carbonyl (C=O) groups excluding carboxylic acids is 3. The molecule has 63 heavy (non-hydrogen) atoms. The standard InChI is InChI=1S/C57H106O6/c1-4-7-10-13-16-19-22-25-27-29-31-32-35-38-41-44-47-50-56(59)62-53-54(52-61-55(58)49-46-43-40-37-34-24-21-18-15-12-9-6-3)63-57(60)51-48-45-42-39-36-33-30-28-26-23-20-17-14-11-8-5-2/h16,19,25,27,54H,4-15,17-18,20-24,26,28-53H2,1-3H3/b19-16-,27-25-. The summed E-state index contributed by atoms with van der Waals surface area (Å²) in [6, 6.07) is 0. The highest BCUT2D eigenvalue weighted by atomic mass is 16.6. The van der Waals surface area contributed by atoms with Gasteiger partial charge in [0.15, 0.2) is 6.10 Å². The van der Waals surface area contributed by atoms with Gasteiger partial charge in [0, 0.05) is 19.3 Å². The first-order valence-electron chi connectivity index (χ1n) is 27.8. The van der Waals surface area contributed by atoms with Crippen LogP contribution < -0.4 is 0 Å². The third-order valence-electron chi connectivity index (χ3n) is 12.5. The summed E-state index contributed by atoms with van der Waals surface area (Å²) < 4.78 is 16.8. The SMILES string of the molecule is CCCCC/C=C\C/C=C\CCCCCCCCCC(=O)OCC(COC(=O)CCCCCCCCCCCCCC)OC(=O)CCCCCCCCCCCCCCCCCC. The van der Waals surface area contributed by atoms with Gasteiger partial charge in [-0.3, -0.25) is 14.4 Å². The lowest BCUT2D eigenvalue weighted by atomic mass is 10.0. The highest BCUT2D eigenvalue weighted by Crippen LogP contribution is 2.17. The Kier molecular flexibility index (Phi) is 50.8. The Morgan fingerprint density at radius 3 is 0.905 bits per heavy atom. The van der Waals surface area contributed by atoms with Gasteiger partial charge in [0.1, 0.15) is 13.2 Å². The molecule has 0 amide bonds. The van der Waals surface area contributed by atoms with Gasteiger partial charge in [0.2, 0.25) is 0 Å². The molecule has 0 aromatic rings. The fraction of sp³-hybridized carbons (Fsp3) is 0.877. The molecule has 0 aliphatic rings. The Bertz CT molecular complexity index is 1020. The van der Waals surface area contributed by atoms with Gasteiger partial charge in [0.05, 0.1) is 0 Å². The molecule has 0 fully saturated rings. The van der Waals surface area contributed by atoms with Crippen LogP contribution in [0, 0.1) is 0 Å². The van der Waals surface area contributed by atoms with Crippen molar-refractivity contribution in [2.24, 2.45) is 0 Å². The van der Waals surface area contributed by atoms with Crippen LogP contribution in [0.25, 0.3) is 0 Å². The second kappa shape index (κ2) is 52.5. The minimum atomic E-state index is -0.768. The molecule has 0 rings (SSSR count). The summed E-state index contributed by atoms with van der Waals surface area (Å²) in [6.07, 6.45) is 60.1. The van der Waals surface area contributed by atoms with E-state index in [2.05, 4.69) is 45.1 Å². The summed E-state index contributed by atoms with van der Waals surface area (Å²) in [4.78, 5) is 38.1. The molecule has 0 saturated carbocycles. The number of rotatable bonds is 51. The van der Waals surface area contributed by atoms with Crippen molar-refractivity contribution in [2.45, 2.75) is 309 Å². The number of unbranched alkanes of at least 4 members (excludes halogenated alkanes) is 36. The van der Waals surface area contributed by atoms with Crippen molar-refractivity contribution in [3.05, 3.63) is 24.3 Å². The average molecular weight is 887 g/mol. The zero-order valence-electron chi connectivity index (χ0n) is 42.4. The summed E-state index contributed by atoms with van der Waals surface area (Å²) in [7, 11) is 0. The molecule has 1 unspecified atom stereocenters. The summed E-state index contributed by atoms with van der Waals surface area (Å²) in [5.41, 5.74) is 0. The molecule has 0 spiro atoms. The molecule has 0 aliphatic heterocycles. The number of carbonyl (C=O) groups is 3. The topological polar surface area (TPSA) is 78.9 Å². The van der Waals surface area contributed by atoms with Crippen LogP contribution in [0.3, 0.4) is 0 Å². The lowest BCUT2D eigenvalue weighted by Crippen LogP contribution is -2.30. The minimum Gasteiger partial charge on any atom is -0.462 e. The van der Waals surface area contributed by atoms with Crippen LogP contribution in [0.4, 0.5) is 0 Å². The van der Waals surface area contributed by atoms with Crippen LogP contribution in [0.5, 0.6) is 0 Å².